The molecule has 0 bridgehead atoms. The number of benzene rings is 1. The number of hydrogen-bond acceptors (Lipinski definition) is 3. The smallest absolute Gasteiger partial charge is 0.228 e. The van der Waals surface area contributed by atoms with Gasteiger partial charge in [0.15, 0.2) is 0 Å². The van der Waals surface area contributed by atoms with Gasteiger partial charge < -0.3 is 10.2 Å². The van der Waals surface area contributed by atoms with Gasteiger partial charge in [-0.3, -0.25) is 9.59 Å². The predicted molar refractivity (Wildman–Crippen MR) is 120 cm³/mol. The minimum absolute atomic E-state index is 0.0663. The van der Waals surface area contributed by atoms with Crippen molar-refractivity contribution in [3.8, 4) is 5.69 Å². The molecule has 162 valence electrons. The number of carbonyl (C=O) groups is 2. The number of aromatic nitrogens is 2. The van der Waals surface area contributed by atoms with Crippen LogP contribution in [0.15, 0.2) is 54.4 Å². The maximum Gasteiger partial charge on any atom is 0.228 e. The van der Waals surface area contributed by atoms with Crippen molar-refractivity contribution in [1.82, 2.24) is 14.7 Å². The Labute approximate surface area is 183 Å². The van der Waals surface area contributed by atoms with E-state index in [0.29, 0.717) is 6.42 Å². The highest BCUT2D eigenvalue weighted by molar-refractivity contribution is 5.95. The third-order valence-corrected chi connectivity index (χ3v) is 7.29. The van der Waals surface area contributed by atoms with Crippen LogP contribution in [-0.4, -0.2) is 39.6 Å². The van der Waals surface area contributed by atoms with Crippen molar-refractivity contribution in [1.29, 1.82) is 0 Å². The molecule has 0 unspecified atom stereocenters. The summed E-state index contributed by atoms with van der Waals surface area (Å²) >= 11 is 0. The number of likely N-dealkylation sites (tertiary alicyclic amines) is 1. The van der Waals surface area contributed by atoms with Crippen LogP contribution < -0.4 is 5.32 Å². The number of amides is 2. The molecule has 2 aromatic rings. The topological polar surface area (TPSA) is 67.2 Å². The van der Waals surface area contributed by atoms with Crippen LogP contribution in [0, 0.1) is 11.3 Å². The quantitative estimate of drug-likeness (QED) is 0.735. The number of nitrogens with one attached hydrogen (secondary N) is 1. The van der Waals surface area contributed by atoms with E-state index in [1.54, 1.807) is 10.9 Å². The summed E-state index contributed by atoms with van der Waals surface area (Å²) in [6.07, 6.45) is 14.0. The second kappa shape index (κ2) is 8.33. The molecule has 1 saturated heterocycles. The lowest BCUT2D eigenvalue weighted by molar-refractivity contribution is -0.132. The zero-order chi connectivity index (χ0) is 21.3. The molecule has 5 rings (SSSR count). The van der Waals surface area contributed by atoms with Crippen LogP contribution in [0.2, 0.25) is 0 Å². The molecule has 0 radical (unpaired) electrons. The van der Waals surface area contributed by atoms with Crippen molar-refractivity contribution in [2.24, 2.45) is 11.3 Å². The van der Waals surface area contributed by atoms with Crippen LogP contribution in [0.25, 0.3) is 5.69 Å². The number of rotatable bonds is 5. The molecule has 1 aromatic carbocycles. The molecular formula is C25H30N4O2. The Morgan fingerprint density at radius 1 is 1.13 bits per heavy atom. The van der Waals surface area contributed by atoms with Gasteiger partial charge >= 0.3 is 0 Å². The van der Waals surface area contributed by atoms with Crippen molar-refractivity contribution in [3.05, 3.63) is 54.4 Å². The van der Waals surface area contributed by atoms with Gasteiger partial charge in [-0.15, -0.1) is 0 Å². The average molecular weight is 419 g/mol. The molecule has 1 saturated carbocycles. The van der Waals surface area contributed by atoms with Gasteiger partial charge in [0.05, 0.1) is 5.69 Å². The molecule has 2 fully saturated rings. The van der Waals surface area contributed by atoms with E-state index in [0.717, 1.165) is 56.6 Å². The number of anilines is 1. The van der Waals surface area contributed by atoms with E-state index in [2.05, 4.69) is 16.5 Å². The summed E-state index contributed by atoms with van der Waals surface area (Å²) < 4.78 is 1.79. The van der Waals surface area contributed by atoms with Gasteiger partial charge in [-0.25, -0.2) is 4.68 Å². The van der Waals surface area contributed by atoms with Crippen LogP contribution in [0.5, 0.6) is 0 Å². The molecule has 1 N–H and O–H groups in total. The van der Waals surface area contributed by atoms with Crippen LogP contribution in [-0.2, 0) is 9.59 Å². The minimum Gasteiger partial charge on any atom is -0.342 e. The summed E-state index contributed by atoms with van der Waals surface area (Å²) in [5.41, 5.74) is 3.20. The first-order valence-corrected chi connectivity index (χ1v) is 11.5. The Balaban J connectivity index is 1.11. The molecule has 1 atom stereocenters. The lowest BCUT2D eigenvalue weighted by Gasteiger charge is -2.33. The zero-order valence-electron chi connectivity index (χ0n) is 17.9. The van der Waals surface area contributed by atoms with Crippen molar-refractivity contribution in [3.63, 3.8) is 0 Å². The highest BCUT2D eigenvalue weighted by Gasteiger charge is 2.58. The fraction of sp³-hybridized carbons (Fsp3) is 0.480. The summed E-state index contributed by atoms with van der Waals surface area (Å²) in [5, 5.41) is 7.30. The van der Waals surface area contributed by atoms with Gasteiger partial charge in [-0.2, -0.15) is 5.10 Å². The monoisotopic (exact) mass is 418 g/mol. The van der Waals surface area contributed by atoms with E-state index < -0.39 is 0 Å². The van der Waals surface area contributed by atoms with Crippen LogP contribution >= 0.6 is 0 Å². The third kappa shape index (κ3) is 4.29. The predicted octanol–water partition coefficient (Wildman–Crippen LogP) is 4.33. The fourth-order valence-electron chi connectivity index (χ4n) is 5.19. The Bertz CT molecular complexity index is 969. The first-order valence-electron chi connectivity index (χ1n) is 11.5. The molecule has 1 aromatic heterocycles. The molecule has 1 spiro atoms. The van der Waals surface area contributed by atoms with E-state index in [9.17, 15) is 9.59 Å². The maximum atomic E-state index is 12.8. The average Bonchev–Trinajstić information content (AvgIpc) is 3.22. The molecule has 31 heavy (non-hydrogen) atoms. The Hall–Kier alpha value is -2.89. The van der Waals surface area contributed by atoms with Gasteiger partial charge in [0.2, 0.25) is 11.8 Å². The molecule has 2 heterocycles. The number of allylic oxidation sites excluding steroid dienone is 1. The highest BCUT2D eigenvalue weighted by atomic mass is 16.2. The minimum atomic E-state index is 0.0663. The second-order valence-corrected chi connectivity index (χ2v) is 9.27. The van der Waals surface area contributed by atoms with Gasteiger partial charge in [0.1, 0.15) is 0 Å². The van der Waals surface area contributed by atoms with E-state index in [1.165, 1.54) is 18.4 Å². The summed E-state index contributed by atoms with van der Waals surface area (Å²) in [4.78, 5) is 27.5. The summed E-state index contributed by atoms with van der Waals surface area (Å²) in [6, 6.07) is 9.64. The molecule has 1 aliphatic heterocycles. The summed E-state index contributed by atoms with van der Waals surface area (Å²) in [6.45, 7) is 1.57. The van der Waals surface area contributed by atoms with Gasteiger partial charge in [-0.1, -0.05) is 11.6 Å². The summed E-state index contributed by atoms with van der Waals surface area (Å²) in [7, 11) is 0. The Morgan fingerprint density at radius 3 is 2.61 bits per heavy atom. The number of carbonyl (C=O) groups excluding carboxylic acids is 2. The summed E-state index contributed by atoms with van der Waals surface area (Å²) in [5.74, 6) is 0.442. The van der Waals surface area contributed by atoms with Crippen LogP contribution in [0.4, 0.5) is 5.69 Å². The van der Waals surface area contributed by atoms with Gasteiger partial charge in [0, 0.05) is 43.5 Å². The van der Waals surface area contributed by atoms with Crippen molar-refractivity contribution < 1.29 is 9.59 Å². The number of nitrogens with zero attached hydrogens (tertiary/aromatic N) is 3. The van der Waals surface area contributed by atoms with Gasteiger partial charge in [0.25, 0.3) is 0 Å². The van der Waals surface area contributed by atoms with Crippen molar-refractivity contribution in [2.45, 2.75) is 51.4 Å². The standard InChI is InChI=1S/C25H30N4O2/c30-23(17-19-5-2-1-3-6-19)28-15-11-25(12-16-28)18-22(25)24(31)27-20-7-9-21(10-8-20)29-14-4-13-26-29/h4-5,7-10,13-14,22H,1-3,6,11-12,15-18H2,(H,27,31)/t22-/m1/s1. The molecule has 2 amide bonds. The van der Waals surface area contributed by atoms with E-state index >= 15 is 0 Å². The SMILES string of the molecule is O=C(Nc1ccc(-n2cccn2)cc1)[C@H]1CC12CCN(C(=O)CC1=CCCCC1)CC2. The van der Waals surface area contributed by atoms with Crippen LogP contribution in [0.3, 0.4) is 0 Å². The molecular weight excluding hydrogens is 388 g/mol. The zero-order valence-corrected chi connectivity index (χ0v) is 17.9. The molecule has 6 heteroatoms. The van der Waals surface area contributed by atoms with E-state index in [4.69, 9.17) is 0 Å². The van der Waals surface area contributed by atoms with Crippen molar-refractivity contribution >= 4 is 17.5 Å². The lowest BCUT2D eigenvalue weighted by Crippen LogP contribution is -2.40. The molecule has 6 nitrogen and oxygen atoms in total. The second-order valence-electron chi connectivity index (χ2n) is 9.27. The largest absolute Gasteiger partial charge is 0.342 e. The van der Waals surface area contributed by atoms with E-state index in [1.807, 2.05) is 41.4 Å². The third-order valence-electron chi connectivity index (χ3n) is 7.29. The maximum absolute atomic E-state index is 12.8. The Morgan fingerprint density at radius 2 is 1.94 bits per heavy atom. The van der Waals surface area contributed by atoms with Gasteiger partial charge in [-0.05, 0) is 80.7 Å². The number of hydrogen-bond donors (Lipinski definition) is 1. The van der Waals surface area contributed by atoms with Crippen LogP contribution in [0.1, 0.15) is 51.4 Å². The highest BCUT2D eigenvalue weighted by Crippen LogP contribution is 2.59. The first-order chi connectivity index (χ1) is 15.1. The first kappa shape index (κ1) is 20.0. The fourth-order valence-corrected chi connectivity index (χ4v) is 5.19. The lowest BCUT2D eigenvalue weighted by atomic mass is 9.90. The molecule has 2 aliphatic carbocycles. The van der Waals surface area contributed by atoms with Crippen molar-refractivity contribution in [2.75, 3.05) is 18.4 Å². The molecule has 3 aliphatic rings. The Kier molecular flexibility index (Phi) is 5.38. The number of piperidine rings is 1. The normalized spacial score (nSPS) is 22.1. The van der Waals surface area contributed by atoms with E-state index in [-0.39, 0.29) is 23.1 Å².